The van der Waals surface area contributed by atoms with Gasteiger partial charge in [-0.1, -0.05) is 0 Å². The average Bonchev–Trinajstić information content (AvgIpc) is 3.04. The van der Waals surface area contributed by atoms with Gasteiger partial charge < -0.3 is 10.6 Å². The van der Waals surface area contributed by atoms with Crippen LogP contribution in [0.15, 0.2) is 24.3 Å². The lowest BCUT2D eigenvalue weighted by molar-refractivity contribution is 0.0752. The molecule has 4 heteroatoms. The summed E-state index contributed by atoms with van der Waals surface area (Å²) in [6, 6.07) is 7.60. The number of halogens is 1. The third-order valence-electron chi connectivity index (χ3n) is 2.75. The minimum absolute atomic E-state index is 0. The highest BCUT2D eigenvalue weighted by Gasteiger charge is 2.31. The van der Waals surface area contributed by atoms with Crippen molar-refractivity contribution < 1.29 is 4.79 Å². The molecule has 88 valence electrons. The van der Waals surface area contributed by atoms with Crippen LogP contribution in [0.4, 0.5) is 5.69 Å². The standard InChI is InChI=1S/C12H16N2O.ClH/c1-2-14(11-7-8-11)12(15)9-3-5-10(13)6-4-9;/h3-6,11H,2,7-8,13H2,1H3;1H. The van der Waals surface area contributed by atoms with E-state index in [4.69, 9.17) is 5.73 Å². The number of anilines is 1. The minimum atomic E-state index is 0. The zero-order chi connectivity index (χ0) is 10.8. The van der Waals surface area contributed by atoms with Crippen molar-refractivity contribution in [1.82, 2.24) is 4.90 Å². The molecule has 1 aliphatic carbocycles. The Labute approximate surface area is 102 Å². The topological polar surface area (TPSA) is 46.3 Å². The van der Waals surface area contributed by atoms with Crippen molar-refractivity contribution in [3.8, 4) is 0 Å². The summed E-state index contributed by atoms with van der Waals surface area (Å²) in [5, 5.41) is 0. The first-order valence-electron chi connectivity index (χ1n) is 5.39. The van der Waals surface area contributed by atoms with Gasteiger partial charge in [0.25, 0.3) is 5.91 Å². The average molecular weight is 241 g/mol. The lowest BCUT2D eigenvalue weighted by Crippen LogP contribution is -2.32. The van der Waals surface area contributed by atoms with Crippen LogP contribution in [0.5, 0.6) is 0 Å². The van der Waals surface area contributed by atoms with Crippen LogP contribution in [0.3, 0.4) is 0 Å². The number of carbonyl (C=O) groups excluding carboxylic acids is 1. The van der Waals surface area contributed by atoms with Crippen molar-refractivity contribution in [2.75, 3.05) is 12.3 Å². The molecule has 0 saturated heterocycles. The molecule has 1 aromatic carbocycles. The Kier molecular flexibility index (Phi) is 4.19. The maximum atomic E-state index is 12.1. The zero-order valence-corrected chi connectivity index (χ0v) is 10.2. The number of hydrogen-bond donors (Lipinski definition) is 1. The van der Waals surface area contributed by atoms with Crippen LogP contribution in [0.1, 0.15) is 30.1 Å². The number of nitrogen functional groups attached to an aromatic ring is 1. The van der Waals surface area contributed by atoms with Crippen molar-refractivity contribution in [1.29, 1.82) is 0 Å². The summed E-state index contributed by atoms with van der Waals surface area (Å²) < 4.78 is 0. The third kappa shape index (κ3) is 2.67. The van der Waals surface area contributed by atoms with Gasteiger partial charge in [-0.25, -0.2) is 0 Å². The number of hydrogen-bond acceptors (Lipinski definition) is 2. The zero-order valence-electron chi connectivity index (χ0n) is 9.35. The lowest BCUT2D eigenvalue weighted by atomic mass is 10.2. The summed E-state index contributed by atoms with van der Waals surface area (Å²) in [5.74, 6) is 0.125. The normalized spacial score (nSPS) is 14.1. The van der Waals surface area contributed by atoms with Gasteiger partial charge in [0, 0.05) is 23.8 Å². The monoisotopic (exact) mass is 240 g/mol. The number of nitrogens with zero attached hydrogens (tertiary/aromatic N) is 1. The first-order valence-corrected chi connectivity index (χ1v) is 5.39. The first-order chi connectivity index (χ1) is 7.22. The molecule has 0 spiro atoms. The molecule has 1 saturated carbocycles. The largest absolute Gasteiger partial charge is 0.399 e. The SMILES string of the molecule is CCN(C(=O)c1ccc(N)cc1)C1CC1.Cl. The molecule has 0 aromatic heterocycles. The Morgan fingerprint density at radius 1 is 1.38 bits per heavy atom. The predicted octanol–water partition coefficient (Wildman–Crippen LogP) is 2.32. The van der Waals surface area contributed by atoms with Crippen molar-refractivity contribution in [3.63, 3.8) is 0 Å². The number of rotatable bonds is 3. The van der Waals surface area contributed by atoms with E-state index < -0.39 is 0 Å². The van der Waals surface area contributed by atoms with E-state index in [1.165, 1.54) is 0 Å². The van der Waals surface area contributed by atoms with Crippen LogP contribution < -0.4 is 5.73 Å². The highest BCUT2D eigenvalue weighted by Crippen LogP contribution is 2.27. The summed E-state index contributed by atoms with van der Waals surface area (Å²) in [4.78, 5) is 14.0. The summed E-state index contributed by atoms with van der Waals surface area (Å²) in [6.07, 6.45) is 2.29. The molecule has 2 rings (SSSR count). The molecule has 1 amide bonds. The number of amides is 1. The van der Waals surface area contributed by atoms with E-state index in [0.29, 0.717) is 11.7 Å². The van der Waals surface area contributed by atoms with Crippen LogP contribution >= 0.6 is 12.4 Å². The van der Waals surface area contributed by atoms with Gasteiger partial charge in [-0.3, -0.25) is 4.79 Å². The summed E-state index contributed by atoms with van der Waals surface area (Å²) in [7, 11) is 0. The van der Waals surface area contributed by atoms with Gasteiger partial charge >= 0.3 is 0 Å². The van der Waals surface area contributed by atoms with E-state index in [1.54, 1.807) is 24.3 Å². The van der Waals surface area contributed by atoms with E-state index in [0.717, 1.165) is 24.9 Å². The van der Waals surface area contributed by atoms with Gasteiger partial charge in [0.2, 0.25) is 0 Å². The second-order valence-electron chi connectivity index (χ2n) is 3.94. The molecular formula is C12H17ClN2O. The maximum Gasteiger partial charge on any atom is 0.254 e. The molecule has 0 aliphatic heterocycles. The van der Waals surface area contributed by atoms with Gasteiger partial charge in [0.05, 0.1) is 0 Å². The van der Waals surface area contributed by atoms with E-state index in [9.17, 15) is 4.79 Å². The Bertz CT molecular complexity index is 360. The Morgan fingerprint density at radius 3 is 2.38 bits per heavy atom. The smallest absolute Gasteiger partial charge is 0.254 e. The summed E-state index contributed by atoms with van der Waals surface area (Å²) in [5.41, 5.74) is 7.01. The quantitative estimate of drug-likeness (QED) is 0.825. The van der Waals surface area contributed by atoms with Gasteiger partial charge in [-0.15, -0.1) is 12.4 Å². The van der Waals surface area contributed by atoms with E-state index in [2.05, 4.69) is 0 Å². The van der Waals surface area contributed by atoms with Gasteiger partial charge in [0.1, 0.15) is 0 Å². The van der Waals surface area contributed by atoms with Gasteiger partial charge in [-0.2, -0.15) is 0 Å². The summed E-state index contributed by atoms with van der Waals surface area (Å²) >= 11 is 0. The van der Waals surface area contributed by atoms with Crippen LogP contribution in [-0.4, -0.2) is 23.4 Å². The number of carbonyl (C=O) groups is 1. The molecule has 0 unspecified atom stereocenters. The third-order valence-corrected chi connectivity index (χ3v) is 2.75. The molecule has 0 bridgehead atoms. The van der Waals surface area contributed by atoms with Gasteiger partial charge in [0.15, 0.2) is 0 Å². The highest BCUT2D eigenvalue weighted by atomic mass is 35.5. The van der Waals surface area contributed by atoms with E-state index >= 15 is 0 Å². The fourth-order valence-electron chi connectivity index (χ4n) is 1.75. The fraction of sp³-hybridized carbons (Fsp3) is 0.417. The maximum absolute atomic E-state index is 12.1. The molecule has 16 heavy (non-hydrogen) atoms. The molecule has 1 aliphatic rings. The fourth-order valence-corrected chi connectivity index (χ4v) is 1.75. The van der Waals surface area contributed by atoms with Crippen molar-refractivity contribution in [2.45, 2.75) is 25.8 Å². The van der Waals surface area contributed by atoms with Crippen molar-refractivity contribution in [2.24, 2.45) is 0 Å². The first kappa shape index (κ1) is 12.8. The number of nitrogens with two attached hydrogens (primary N) is 1. The second kappa shape index (κ2) is 5.21. The minimum Gasteiger partial charge on any atom is -0.399 e. The van der Waals surface area contributed by atoms with Crippen LogP contribution in [0.2, 0.25) is 0 Å². The van der Waals surface area contributed by atoms with Crippen LogP contribution in [0, 0.1) is 0 Å². The van der Waals surface area contributed by atoms with Crippen molar-refractivity contribution in [3.05, 3.63) is 29.8 Å². The molecular weight excluding hydrogens is 224 g/mol. The van der Waals surface area contributed by atoms with Crippen LogP contribution in [-0.2, 0) is 0 Å². The lowest BCUT2D eigenvalue weighted by Gasteiger charge is -2.20. The Hall–Kier alpha value is -1.22. The van der Waals surface area contributed by atoms with Gasteiger partial charge in [-0.05, 0) is 44.0 Å². The second-order valence-corrected chi connectivity index (χ2v) is 3.94. The van der Waals surface area contributed by atoms with E-state index in [-0.39, 0.29) is 18.3 Å². The Morgan fingerprint density at radius 2 is 1.94 bits per heavy atom. The highest BCUT2D eigenvalue weighted by molar-refractivity contribution is 5.94. The predicted molar refractivity (Wildman–Crippen MR) is 67.8 cm³/mol. The molecule has 0 atom stereocenters. The molecule has 2 N–H and O–H groups in total. The molecule has 1 fully saturated rings. The molecule has 1 aromatic rings. The Balaban J connectivity index is 0.00000128. The number of benzene rings is 1. The molecule has 0 radical (unpaired) electrons. The summed E-state index contributed by atoms with van der Waals surface area (Å²) in [6.45, 7) is 2.81. The molecule has 3 nitrogen and oxygen atoms in total. The van der Waals surface area contributed by atoms with E-state index in [1.807, 2.05) is 11.8 Å². The van der Waals surface area contributed by atoms with Crippen molar-refractivity contribution >= 4 is 24.0 Å². The molecule has 0 heterocycles. The van der Waals surface area contributed by atoms with Crippen LogP contribution in [0.25, 0.3) is 0 Å².